The molecule has 0 saturated carbocycles. The van der Waals surface area contributed by atoms with Crippen LogP contribution in [0.25, 0.3) is 0 Å². The van der Waals surface area contributed by atoms with E-state index < -0.39 is 6.23 Å². The van der Waals surface area contributed by atoms with E-state index in [1.807, 2.05) is 0 Å². The van der Waals surface area contributed by atoms with Gasteiger partial charge in [0.2, 0.25) is 11.9 Å². The number of hydrogen-bond acceptors (Lipinski definition) is 10. The summed E-state index contributed by atoms with van der Waals surface area (Å²) in [6, 6.07) is 1.50. The average molecular weight is 412 g/mol. The predicted octanol–water partition coefficient (Wildman–Crippen LogP) is -0.593. The molecule has 28 heavy (non-hydrogen) atoms. The van der Waals surface area contributed by atoms with Crippen molar-refractivity contribution >= 4 is 35.3 Å². The number of aromatic nitrogens is 2. The normalized spacial score (nSPS) is 20.7. The fourth-order valence-corrected chi connectivity index (χ4v) is 3.55. The number of nitrogens with two attached hydrogens (primary N) is 3. The number of nitrogens with one attached hydrogen (secondary N) is 2. The molecular weight excluding hydrogens is 382 g/mol. The van der Waals surface area contributed by atoms with E-state index >= 15 is 0 Å². The summed E-state index contributed by atoms with van der Waals surface area (Å²) in [4.78, 5) is 17.3. The number of ether oxygens (including phenoxy) is 2. The molecule has 156 valence electrons. The number of hydrogen-bond donors (Lipinski definition) is 5. The Balaban J connectivity index is 2.01. The molecule has 11 nitrogen and oxygen atoms in total. The summed E-state index contributed by atoms with van der Waals surface area (Å²) < 4.78 is 11.0. The number of rotatable bonds is 10. The first-order chi connectivity index (χ1) is 13.6. The monoisotopic (exact) mass is 411 g/mol. The summed E-state index contributed by atoms with van der Waals surface area (Å²) in [7, 11) is 3.14. The second kappa shape index (κ2) is 11.6. The van der Waals surface area contributed by atoms with Crippen molar-refractivity contribution in [2.45, 2.75) is 29.5 Å². The highest BCUT2D eigenvalue weighted by Crippen LogP contribution is 2.27. The quantitative estimate of drug-likeness (QED) is 0.247. The molecule has 1 aliphatic rings. The van der Waals surface area contributed by atoms with E-state index in [9.17, 15) is 0 Å². The fourth-order valence-electron chi connectivity index (χ4n) is 2.46. The smallest absolute Gasteiger partial charge is 0.223 e. The molecule has 1 aliphatic heterocycles. The summed E-state index contributed by atoms with van der Waals surface area (Å²) in [5, 5.41) is 6.56. The van der Waals surface area contributed by atoms with Crippen LogP contribution in [0.3, 0.4) is 0 Å². The standard InChI is InChI=1S/C16H29N9O2S/c1-26-13-12(28-16-22-10(18)9-11(19)23-16)14(27-2)25-15(24-13)21-8-7-20-6-4-3-5-17/h9,12-13,20H,3-8,17H2,1-2H3,(H,21,24)(H4,18,19,22,23). The predicted molar refractivity (Wildman–Crippen MR) is 112 cm³/mol. The Bertz CT molecular complexity index is 666. The van der Waals surface area contributed by atoms with Crippen molar-refractivity contribution in [3.8, 4) is 0 Å². The summed E-state index contributed by atoms with van der Waals surface area (Å²) in [6.45, 7) is 2.96. The molecule has 2 heterocycles. The van der Waals surface area contributed by atoms with Crippen molar-refractivity contribution < 1.29 is 9.47 Å². The number of nitrogens with zero attached hydrogens (tertiary/aromatic N) is 4. The van der Waals surface area contributed by atoms with Crippen LogP contribution >= 0.6 is 11.8 Å². The van der Waals surface area contributed by atoms with Gasteiger partial charge in [-0.05, 0) is 25.9 Å². The van der Waals surface area contributed by atoms with Gasteiger partial charge in [-0.25, -0.2) is 15.0 Å². The average Bonchev–Trinajstić information content (AvgIpc) is 2.67. The van der Waals surface area contributed by atoms with Gasteiger partial charge in [-0.1, -0.05) is 11.8 Å². The number of aliphatic imine (C=N–C) groups is 2. The molecule has 0 aromatic carbocycles. The minimum absolute atomic E-state index is 0.296. The first-order valence-electron chi connectivity index (χ1n) is 9.01. The Hall–Kier alpha value is -2.15. The number of anilines is 2. The Labute approximate surface area is 169 Å². The van der Waals surface area contributed by atoms with E-state index in [0.29, 0.717) is 41.7 Å². The largest absolute Gasteiger partial charge is 0.483 e. The van der Waals surface area contributed by atoms with Crippen LogP contribution < -0.4 is 27.8 Å². The molecule has 0 aliphatic carbocycles. The topological polar surface area (TPSA) is 171 Å². The molecule has 12 heteroatoms. The first-order valence-corrected chi connectivity index (χ1v) is 9.89. The molecule has 8 N–H and O–H groups in total. The maximum Gasteiger partial charge on any atom is 0.223 e. The molecule has 0 amide bonds. The number of nitrogen functional groups attached to an aromatic ring is 2. The summed E-state index contributed by atoms with van der Waals surface area (Å²) >= 11 is 1.30. The lowest BCUT2D eigenvalue weighted by Crippen LogP contribution is -2.51. The molecule has 0 fully saturated rings. The van der Waals surface area contributed by atoms with Crippen molar-refractivity contribution in [2.24, 2.45) is 15.7 Å². The third-order valence-electron chi connectivity index (χ3n) is 3.80. The highest BCUT2D eigenvalue weighted by Gasteiger charge is 2.34. The number of methoxy groups -OCH3 is 2. The van der Waals surface area contributed by atoms with Gasteiger partial charge < -0.3 is 37.3 Å². The third kappa shape index (κ3) is 6.78. The van der Waals surface area contributed by atoms with Crippen LogP contribution in [-0.4, -0.2) is 73.7 Å². The van der Waals surface area contributed by atoms with Gasteiger partial charge in [0.25, 0.3) is 0 Å². The fraction of sp³-hybridized carbons (Fsp3) is 0.625. The summed E-state index contributed by atoms with van der Waals surface area (Å²) in [5.74, 6) is 1.50. The second-order valence-corrected chi connectivity index (χ2v) is 7.05. The molecule has 0 saturated heterocycles. The minimum Gasteiger partial charge on any atom is -0.483 e. The second-order valence-electron chi connectivity index (χ2n) is 5.94. The van der Waals surface area contributed by atoms with Crippen LogP contribution in [-0.2, 0) is 9.47 Å². The van der Waals surface area contributed by atoms with Crippen LogP contribution in [0.15, 0.2) is 21.2 Å². The molecule has 1 aromatic heterocycles. The van der Waals surface area contributed by atoms with Gasteiger partial charge in [-0.2, -0.15) is 4.99 Å². The van der Waals surface area contributed by atoms with Gasteiger partial charge >= 0.3 is 0 Å². The van der Waals surface area contributed by atoms with E-state index in [4.69, 9.17) is 26.7 Å². The van der Waals surface area contributed by atoms with Crippen LogP contribution in [0.2, 0.25) is 0 Å². The zero-order valence-corrected chi connectivity index (χ0v) is 17.0. The number of guanidine groups is 1. The molecule has 2 unspecified atom stereocenters. The van der Waals surface area contributed by atoms with E-state index in [-0.39, 0.29) is 5.25 Å². The molecule has 0 bridgehead atoms. The SMILES string of the molecule is COC1=NC(=NCCNCCCCN)NC(OC)C1Sc1nc(N)cc(N)n1. The molecule has 0 spiro atoms. The van der Waals surface area contributed by atoms with E-state index in [0.717, 1.165) is 25.9 Å². The molecule has 2 rings (SSSR count). The highest BCUT2D eigenvalue weighted by molar-refractivity contribution is 8.00. The lowest BCUT2D eigenvalue weighted by molar-refractivity contribution is 0.0935. The van der Waals surface area contributed by atoms with Crippen LogP contribution in [0, 0.1) is 0 Å². The number of unbranched alkanes of at least 4 members (excludes halogenated alkanes) is 1. The zero-order valence-electron chi connectivity index (χ0n) is 16.2. The van der Waals surface area contributed by atoms with Gasteiger partial charge in [0.15, 0.2) is 11.4 Å². The first kappa shape index (κ1) is 22.1. The lowest BCUT2D eigenvalue weighted by atomic mass is 10.3. The highest BCUT2D eigenvalue weighted by atomic mass is 32.2. The van der Waals surface area contributed by atoms with Gasteiger partial charge in [0, 0.05) is 19.7 Å². The Morgan fingerprint density at radius 3 is 2.61 bits per heavy atom. The van der Waals surface area contributed by atoms with Crippen LogP contribution in [0.5, 0.6) is 0 Å². The van der Waals surface area contributed by atoms with Crippen LogP contribution in [0.4, 0.5) is 11.6 Å². The van der Waals surface area contributed by atoms with Crippen molar-refractivity contribution in [3.05, 3.63) is 6.07 Å². The van der Waals surface area contributed by atoms with Crippen LogP contribution in [0.1, 0.15) is 12.8 Å². The van der Waals surface area contributed by atoms with E-state index in [2.05, 4.69) is 30.6 Å². The minimum atomic E-state index is -0.431. The maximum absolute atomic E-state index is 5.74. The number of thioether (sulfide) groups is 1. The van der Waals surface area contributed by atoms with E-state index in [1.54, 1.807) is 14.2 Å². The van der Waals surface area contributed by atoms with Crippen molar-refractivity contribution in [1.29, 1.82) is 0 Å². The molecular formula is C16H29N9O2S. The Morgan fingerprint density at radius 1 is 1.21 bits per heavy atom. The molecule has 0 radical (unpaired) electrons. The zero-order chi connectivity index (χ0) is 20.4. The van der Waals surface area contributed by atoms with Gasteiger partial charge in [0.1, 0.15) is 16.9 Å². The van der Waals surface area contributed by atoms with Gasteiger partial charge in [-0.15, -0.1) is 0 Å². The molecule has 1 aromatic rings. The Morgan fingerprint density at radius 2 is 1.96 bits per heavy atom. The van der Waals surface area contributed by atoms with Crippen molar-refractivity contribution in [1.82, 2.24) is 20.6 Å². The Kier molecular flexibility index (Phi) is 9.20. The van der Waals surface area contributed by atoms with E-state index in [1.165, 1.54) is 17.8 Å². The maximum atomic E-state index is 5.74. The molecule has 2 atom stereocenters. The summed E-state index contributed by atoms with van der Waals surface area (Å²) in [6.07, 6.45) is 1.64. The van der Waals surface area contributed by atoms with Crippen molar-refractivity contribution in [3.63, 3.8) is 0 Å². The lowest BCUT2D eigenvalue weighted by Gasteiger charge is -2.30. The van der Waals surface area contributed by atoms with Gasteiger partial charge in [-0.3, -0.25) is 0 Å². The van der Waals surface area contributed by atoms with Crippen molar-refractivity contribution in [2.75, 3.05) is 51.9 Å². The third-order valence-corrected chi connectivity index (χ3v) is 4.90. The van der Waals surface area contributed by atoms with Gasteiger partial charge in [0.05, 0.1) is 13.7 Å². The summed E-state index contributed by atoms with van der Waals surface area (Å²) in [5.41, 5.74) is 17.0.